The van der Waals surface area contributed by atoms with E-state index in [2.05, 4.69) is 61.4 Å². The van der Waals surface area contributed by atoms with Gasteiger partial charge in [0.15, 0.2) is 5.58 Å². The normalized spacial score (nSPS) is 10.9. The van der Waals surface area contributed by atoms with Gasteiger partial charge in [0.1, 0.15) is 13.4 Å². The van der Waals surface area contributed by atoms with E-state index in [9.17, 15) is 0 Å². The number of aromatic nitrogens is 1. The van der Waals surface area contributed by atoms with E-state index in [0.29, 0.717) is 5.89 Å². The largest absolute Gasteiger partial charge is 0.436 e. The third-order valence-electron chi connectivity index (χ3n) is 3.81. The average molecular weight is 283 g/mol. The van der Waals surface area contributed by atoms with Crippen LogP contribution in [0.1, 0.15) is 0 Å². The maximum atomic E-state index is 5.80. The molecule has 0 radical (unpaired) electrons. The summed E-state index contributed by atoms with van der Waals surface area (Å²) in [6.07, 6.45) is 0. The van der Waals surface area contributed by atoms with Crippen molar-refractivity contribution < 1.29 is 4.42 Å². The van der Waals surface area contributed by atoms with E-state index in [-0.39, 0.29) is 0 Å². The zero-order valence-electron chi connectivity index (χ0n) is 12.3. The predicted molar refractivity (Wildman–Crippen MR) is 93.1 cm³/mol. The van der Waals surface area contributed by atoms with Crippen LogP contribution in [-0.4, -0.2) is 12.8 Å². The molecule has 3 heteroatoms. The summed E-state index contributed by atoms with van der Waals surface area (Å²) in [5.74, 6) is 0.664. The maximum Gasteiger partial charge on any atom is 0.227 e. The van der Waals surface area contributed by atoms with Crippen LogP contribution in [0.5, 0.6) is 0 Å². The topological polar surface area (TPSA) is 26.0 Å². The highest BCUT2D eigenvalue weighted by Crippen LogP contribution is 2.26. The molecule has 1 aromatic heterocycles. The van der Waals surface area contributed by atoms with Crippen molar-refractivity contribution in [2.75, 3.05) is 0 Å². The lowest BCUT2D eigenvalue weighted by atomic mass is 9.93. The van der Waals surface area contributed by atoms with Crippen molar-refractivity contribution in [2.45, 2.75) is 0 Å². The second-order valence-corrected chi connectivity index (χ2v) is 5.43. The molecule has 4 aromatic rings. The molecule has 1 heterocycles. The highest BCUT2D eigenvalue weighted by molar-refractivity contribution is 6.32. The zero-order chi connectivity index (χ0) is 14.9. The molecule has 2 nitrogen and oxygen atoms in total. The summed E-state index contributed by atoms with van der Waals surface area (Å²) in [4.78, 5) is 4.53. The number of rotatable bonds is 2. The van der Waals surface area contributed by atoms with Gasteiger partial charge in [0.25, 0.3) is 0 Å². The van der Waals surface area contributed by atoms with Gasteiger partial charge in [-0.15, -0.1) is 0 Å². The van der Waals surface area contributed by atoms with E-state index >= 15 is 0 Å². The molecule has 0 amide bonds. The van der Waals surface area contributed by atoms with E-state index in [0.717, 1.165) is 16.7 Å². The van der Waals surface area contributed by atoms with Crippen LogP contribution >= 0.6 is 0 Å². The van der Waals surface area contributed by atoms with Gasteiger partial charge >= 0.3 is 0 Å². The zero-order valence-corrected chi connectivity index (χ0v) is 12.3. The molecule has 0 saturated carbocycles. The molecule has 0 bridgehead atoms. The molecule has 22 heavy (non-hydrogen) atoms. The van der Waals surface area contributed by atoms with Crippen molar-refractivity contribution in [3.05, 3.63) is 72.8 Å². The molecule has 0 aliphatic carbocycles. The van der Waals surface area contributed by atoms with Gasteiger partial charge in [0.05, 0.1) is 0 Å². The summed E-state index contributed by atoms with van der Waals surface area (Å²) < 4.78 is 5.80. The Labute approximate surface area is 129 Å². The Morgan fingerprint density at radius 3 is 1.95 bits per heavy atom. The van der Waals surface area contributed by atoms with Gasteiger partial charge in [-0.3, -0.25) is 0 Å². The molecule has 0 aliphatic heterocycles. The van der Waals surface area contributed by atoms with Crippen LogP contribution in [0, 0.1) is 0 Å². The van der Waals surface area contributed by atoms with Crippen molar-refractivity contribution in [1.29, 1.82) is 0 Å². The van der Waals surface area contributed by atoms with Gasteiger partial charge in [-0.05, 0) is 35.4 Å². The van der Waals surface area contributed by atoms with Gasteiger partial charge < -0.3 is 4.42 Å². The summed E-state index contributed by atoms with van der Waals surface area (Å²) in [5, 5.41) is 0. The van der Waals surface area contributed by atoms with Crippen LogP contribution < -0.4 is 5.46 Å². The first-order valence-electron chi connectivity index (χ1n) is 7.33. The van der Waals surface area contributed by atoms with Crippen LogP contribution in [-0.2, 0) is 0 Å². The van der Waals surface area contributed by atoms with E-state index < -0.39 is 0 Å². The van der Waals surface area contributed by atoms with Gasteiger partial charge in [-0.2, -0.15) is 0 Å². The lowest BCUT2D eigenvalue weighted by Gasteiger charge is -2.03. The minimum atomic E-state index is 0.664. The summed E-state index contributed by atoms with van der Waals surface area (Å²) in [5.41, 5.74) is 6.38. The van der Waals surface area contributed by atoms with Gasteiger partial charge in [-0.1, -0.05) is 54.0 Å². The minimum absolute atomic E-state index is 0.664. The first kappa shape index (κ1) is 12.9. The number of hydrogen-bond donors (Lipinski definition) is 0. The van der Waals surface area contributed by atoms with Crippen molar-refractivity contribution in [2.24, 2.45) is 0 Å². The van der Waals surface area contributed by atoms with Gasteiger partial charge in [0.2, 0.25) is 5.89 Å². The molecule has 0 N–H and O–H groups in total. The molecule has 0 aliphatic rings. The Morgan fingerprint density at radius 2 is 1.27 bits per heavy atom. The smallest absolute Gasteiger partial charge is 0.227 e. The summed E-state index contributed by atoms with van der Waals surface area (Å²) in [6.45, 7) is 0. The SMILES string of the molecule is Bc1ccc(-c2ccc(-c3nc4ccccc4o3)cc2)cc1. The Kier molecular flexibility index (Phi) is 3.04. The number of oxazole rings is 1. The van der Waals surface area contributed by atoms with Gasteiger partial charge in [-0.25, -0.2) is 4.98 Å². The highest BCUT2D eigenvalue weighted by Gasteiger charge is 2.07. The Bertz CT molecular complexity index is 891. The standard InChI is InChI=1S/C19H14BNO/c20-16-11-9-14(10-12-16)13-5-7-15(8-6-13)19-21-17-3-1-2-4-18(17)22-19/h1-12H,20H2. The van der Waals surface area contributed by atoms with Crippen LogP contribution in [0.3, 0.4) is 0 Å². The molecule has 104 valence electrons. The summed E-state index contributed by atoms with van der Waals surface area (Å²) in [6, 6.07) is 24.7. The highest BCUT2D eigenvalue weighted by atomic mass is 16.3. The molecule has 0 fully saturated rings. The average Bonchev–Trinajstić information content (AvgIpc) is 3.00. The number of hydrogen-bond acceptors (Lipinski definition) is 2. The monoisotopic (exact) mass is 283 g/mol. The maximum absolute atomic E-state index is 5.80. The van der Waals surface area contributed by atoms with Crippen molar-refractivity contribution in [1.82, 2.24) is 4.98 Å². The van der Waals surface area contributed by atoms with Crippen LogP contribution in [0.4, 0.5) is 0 Å². The fourth-order valence-electron chi connectivity index (χ4n) is 2.55. The first-order valence-corrected chi connectivity index (χ1v) is 7.33. The Hall–Kier alpha value is -2.81. The third-order valence-corrected chi connectivity index (χ3v) is 3.81. The number of benzene rings is 3. The minimum Gasteiger partial charge on any atom is -0.436 e. The second kappa shape index (κ2) is 5.19. The third kappa shape index (κ3) is 2.31. The van der Waals surface area contributed by atoms with Crippen molar-refractivity contribution in [3.8, 4) is 22.6 Å². The Morgan fingerprint density at radius 1 is 0.682 bits per heavy atom. The summed E-state index contributed by atoms with van der Waals surface area (Å²) >= 11 is 0. The molecular weight excluding hydrogens is 269 g/mol. The van der Waals surface area contributed by atoms with E-state index in [1.54, 1.807) is 0 Å². The molecule has 0 unspecified atom stereocenters. The molecule has 4 rings (SSSR count). The van der Waals surface area contributed by atoms with Crippen LogP contribution in [0.2, 0.25) is 0 Å². The van der Waals surface area contributed by atoms with Gasteiger partial charge in [0, 0.05) is 5.56 Å². The lowest BCUT2D eigenvalue weighted by Crippen LogP contribution is -1.99. The summed E-state index contributed by atoms with van der Waals surface area (Å²) in [7, 11) is 2.10. The Balaban J connectivity index is 1.70. The fraction of sp³-hybridized carbons (Fsp3) is 0. The van der Waals surface area contributed by atoms with Crippen LogP contribution in [0.15, 0.2) is 77.2 Å². The molecule has 3 aromatic carbocycles. The van der Waals surface area contributed by atoms with Crippen LogP contribution in [0.25, 0.3) is 33.7 Å². The van der Waals surface area contributed by atoms with E-state index in [1.807, 2.05) is 24.3 Å². The van der Waals surface area contributed by atoms with Crippen molar-refractivity contribution in [3.63, 3.8) is 0 Å². The quantitative estimate of drug-likeness (QED) is 0.527. The lowest BCUT2D eigenvalue weighted by molar-refractivity contribution is 0.620. The molecular formula is C19H14BNO. The van der Waals surface area contributed by atoms with E-state index in [1.165, 1.54) is 16.6 Å². The molecule has 0 atom stereocenters. The number of nitrogens with zero attached hydrogens (tertiary/aromatic N) is 1. The van der Waals surface area contributed by atoms with E-state index in [4.69, 9.17) is 4.42 Å². The number of para-hydroxylation sites is 2. The predicted octanol–water partition coefficient (Wildman–Crippen LogP) is 3.42. The van der Waals surface area contributed by atoms with Crippen molar-refractivity contribution >= 4 is 24.4 Å². The second-order valence-electron chi connectivity index (χ2n) is 5.43. The molecule has 0 saturated heterocycles. The number of fused-ring (bicyclic) bond motifs is 1. The molecule has 0 spiro atoms. The first-order chi connectivity index (χ1) is 10.8. The fourth-order valence-corrected chi connectivity index (χ4v) is 2.55.